The molecule has 8 heteroatoms. The Labute approximate surface area is 132 Å². The summed E-state index contributed by atoms with van der Waals surface area (Å²) in [6, 6.07) is 3.78. The first kappa shape index (κ1) is 13.9. The summed E-state index contributed by atoms with van der Waals surface area (Å²) >= 11 is 0. The van der Waals surface area contributed by atoms with Crippen molar-refractivity contribution in [2.75, 3.05) is 18.0 Å². The Morgan fingerprint density at radius 1 is 1.35 bits per heavy atom. The maximum atomic E-state index is 11.3. The molecule has 118 valence electrons. The van der Waals surface area contributed by atoms with Crippen LogP contribution in [0.4, 0.5) is 5.82 Å². The van der Waals surface area contributed by atoms with Gasteiger partial charge in [0.1, 0.15) is 11.3 Å². The molecule has 4 rings (SSSR count). The number of aryl methyl sites for hydroxylation is 1. The van der Waals surface area contributed by atoms with E-state index in [0.717, 1.165) is 43.0 Å². The number of nitrogens with one attached hydrogen (secondary N) is 2. The molecule has 0 spiro atoms. The van der Waals surface area contributed by atoms with Crippen LogP contribution in [0.1, 0.15) is 30.3 Å². The van der Waals surface area contributed by atoms with Crippen molar-refractivity contribution in [3.63, 3.8) is 0 Å². The van der Waals surface area contributed by atoms with Gasteiger partial charge in [0, 0.05) is 25.2 Å². The first-order valence-electron chi connectivity index (χ1n) is 7.69. The van der Waals surface area contributed by atoms with Gasteiger partial charge in [0.25, 0.3) is 0 Å². The number of H-pyrrole nitrogens is 2. The SMILES string of the molecule is Cc1nc2cccnc2nc1N1CCCC(c2n[nH]c(=O)[nH]2)C1. The molecule has 1 saturated heterocycles. The van der Waals surface area contributed by atoms with Gasteiger partial charge in [0.05, 0.1) is 5.69 Å². The summed E-state index contributed by atoms with van der Waals surface area (Å²) in [5.74, 6) is 1.76. The normalized spacial score (nSPS) is 18.5. The highest BCUT2D eigenvalue weighted by Gasteiger charge is 2.26. The van der Waals surface area contributed by atoms with Crippen molar-refractivity contribution in [3.8, 4) is 0 Å². The second-order valence-electron chi connectivity index (χ2n) is 5.83. The molecule has 4 heterocycles. The van der Waals surface area contributed by atoms with Crippen LogP contribution in [0.5, 0.6) is 0 Å². The zero-order valence-electron chi connectivity index (χ0n) is 12.8. The maximum absolute atomic E-state index is 11.3. The monoisotopic (exact) mass is 311 g/mol. The Balaban J connectivity index is 1.67. The zero-order valence-corrected chi connectivity index (χ0v) is 12.8. The minimum atomic E-state index is -0.261. The number of aromatic amines is 2. The molecule has 0 saturated carbocycles. The molecule has 3 aromatic heterocycles. The molecule has 3 aromatic rings. The molecule has 8 nitrogen and oxygen atoms in total. The molecule has 23 heavy (non-hydrogen) atoms. The molecule has 0 radical (unpaired) electrons. The van der Waals surface area contributed by atoms with E-state index in [2.05, 4.69) is 35.0 Å². The van der Waals surface area contributed by atoms with Gasteiger partial charge in [-0.05, 0) is 31.9 Å². The first-order chi connectivity index (χ1) is 11.2. The summed E-state index contributed by atoms with van der Waals surface area (Å²) < 4.78 is 0. The third-order valence-electron chi connectivity index (χ3n) is 4.22. The van der Waals surface area contributed by atoms with Gasteiger partial charge in [0.2, 0.25) is 0 Å². The fourth-order valence-electron chi connectivity index (χ4n) is 3.14. The van der Waals surface area contributed by atoms with E-state index in [1.54, 1.807) is 6.20 Å². The summed E-state index contributed by atoms with van der Waals surface area (Å²) in [6.45, 7) is 3.64. The maximum Gasteiger partial charge on any atom is 0.340 e. The lowest BCUT2D eigenvalue weighted by Gasteiger charge is -2.33. The highest BCUT2D eigenvalue weighted by Crippen LogP contribution is 2.28. The second kappa shape index (κ2) is 5.45. The highest BCUT2D eigenvalue weighted by molar-refractivity contribution is 5.72. The Morgan fingerprint density at radius 3 is 3.09 bits per heavy atom. The Hall–Kier alpha value is -2.77. The van der Waals surface area contributed by atoms with E-state index in [1.807, 2.05) is 19.1 Å². The van der Waals surface area contributed by atoms with Crippen LogP contribution in [0.3, 0.4) is 0 Å². The van der Waals surface area contributed by atoms with Gasteiger partial charge in [-0.3, -0.25) is 4.98 Å². The minimum absolute atomic E-state index is 0.184. The van der Waals surface area contributed by atoms with E-state index in [4.69, 9.17) is 0 Å². The van der Waals surface area contributed by atoms with Crippen molar-refractivity contribution in [2.24, 2.45) is 0 Å². The van der Waals surface area contributed by atoms with E-state index < -0.39 is 0 Å². The number of anilines is 1. The van der Waals surface area contributed by atoms with Crippen LogP contribution in [0, 0.1) is 6.92 Å². The van der Waals surface area contributed by atoms with Crippen LogP contribution < -0.4 is 10.6 Å². The van der Waals surface area contributed by atoms with Crippen LogP contribution in [-0.2, 0) is 0 Å². The number of nitrogens with zero attached hydrogens (tertiary/aromatic N) is 5. The van der Waals surface area contributed by atoms with Crippen molar-refractivity contribution in [3.05, 3.63) is 40.3 Å². The lowest BCUT2D eigenvalue weighted by atomic mass is 9.97. The third kappa shape index (κ3) is 2.56. The zero-order chi connectivity index (χ0) is 15.8. The van der Waals surface area contributed by atoms with Gasteiger partial charge in [0.15, 0.2) is 11.5 Å². The topological polar surface area (TPSA) is 103 Å². The largest absolute Gasteiger partial charge is 0.354 e. The van der Waals surface area contributed by atoms with E-state index >= 15 is 0 Å². The first-order valence-corrected chi connectivity index (χ1v) is 7.69. The molecule has 1 aliphatic rings. The number of hydrogen-bond acceptors (Lipinski definition) is 6. The van der Waals surface area contributed by atoms with Crippen molar-refractivity contribution in [1.29, 1.82) is 0 Å². The highest BCUT2D eigenvalue weighted by atomic mass is 16.1. The summed E-state index contributed by atoms with van der Waals surface area (Å²) in [4.78, 5) is 29.8. The molecule has 2 N–H and O–H groups in total. The number of aromatic nitrogens is 6. The van der Waals surface area contributed by atoms with Gasteiger partial charge in [-0.25, -0.2) is 24.8 Å². The second-order valence-corrected chi connectivity index (χ2v) is 5.83. The predicted molar refractivity (Wildman–Crippen MR) is 85.5 cm³/mol. The van der Waals surface area contributed by atoms with Crippen LogP contribution in [0.25, 0.3) is 11.2 Å². The molecule has 0 bridgehead atoms. The molecule has 1 aliphatic heterocycles. The van der Waals surface area contributed by atoms with Crippen molar-refractivity contribution >= 4 is 17.0 Å². The molecule has 0 aromatic carbocycles. The average molecular weight is 311 g/mol. The molecule has 1 unspecified atom stereocenters. The molecular weight excluding hydrogens is 294 g/mol. The van der Waals surface area contributed by atoms with E-state index in [0.29, 0.717) is 11.5 Å². The van der Waals surface area contributed by atoms with Gasteiger partial charge in [-0.1, -0.05) is 0 Å². The van der Waals surface area contributed by atoms with Gasteiger partial charge < -0.3 is 4.90 Å². The smallest absolute Gasteiger partial charge is 0.340 e. The van der Waals surface area contributed by atoms with Gasteiger partial charge in [-0.15, -0.1) is 0 Å². The van der Waals surface area contributed by atoms with Crippen LogP contribution >= 0.6 is 0 Å². The summed E-state index contributed by atoms with van der Waals surface area (Å²) in [5, 5.41) is 6.51. The predicted octanol–water partition coefficient (Wildman–Crippen LogP) is 1.13. The van der Waals surface area contributed by atoms with Crippen molar-refractivity contribution in [1.82, 2.24) is 30.1 Å². The Kier molecular flexibility index (Phi) is 3.29. The van der Waals surface area contributed by atoms with Gasteiger partial charge in [-0.2, -0.15) is 5.10 Å². The number of hydrogen-bond donors (Lipinski definition) is 2. The summed E-state index contributed by atoms with van der Waals surface area (Å²) in [6.07, 6.45) is 3.74. The molecule has 0 aliphatic carbocycles. The van der Waals surface area contributed by atoms with Crippen molar-refractivity contribution < 1.29 is 0 Å². The Bertz CT molecular complexity index is 900. The summed E-state index contributed by atoms with van der Waals surface area (Å²) in [5.41, 5.74) is 2.09. The standard InChI is InChI=1S/C15H17N7O/c1-9-14(18-13-11(17-9)5-2-6-16-13)22-7-3-4-10(8-22)12-19-15(23)21-20-12/h2,5-6,10H,3-4,7-8H2,1H3,(H2,19,20,21,23). The number of piperidine rings is 1. The Morgan fingerprint density at radius 2 is 2.26 bits per heavy atom. The fourth-order valence-corrected chi connectivity index (χ4v) is 3.14. The van der Waals surface area contributed by atoms with E-state index in [9.17, 15) is 4.79 Å². The minimum Gasteiger partial charge on any atom is -0.354 e. The molecule has 1 atom stereocenters. The van der Waals surface area contributed by atoms with E-state index in [1.165, 1.54) is 0 Å². The van der Waals surface area contributed by atoms with Crippen molar-refractivity contribution in [2.45, 2.75) is 25.7 Å². The van der Waals surface area contributed by atoms with Crippen LogP contribution in [0.15, 0.2) is 23.1 Å². The summed E-state index contributed by atoms with van der Waals surface area (Å²) in [7, 11) is 0. The quantitative estimate of drug-likeness (QED) is 0.735. The number of rotatable bonds is 2. The van der Waals surface area contributed by atoms with Crippen LogP contribution in [-0.4, -0.2) is 43.2 Å². The third-order valence-corrected chi connectivity index (χ3v) is 4.22. The van der Waals surface area contributed by atoms with Gasteiger partial charge >= 0.3 is 5.69 Å². The number of pyridine rings is 1. The number of fused-ring (bicyclic) bond motifs is 1. The molecule has 1 fully saturated rings. The van der Waals surface area contributed by atoms with Crippen LogP contribution in [0.2, 0.25) is 0 Å². The van der Waals surface area contributed by atoms with E-state index in [-0.39, 0.29) is 11.6 Å². The average Bonchev–Trinajstić information content (AvgIpc) is 3.01. The lowest BCUT2D eigenvalue weighted by molar-refractivity contribution is 0.489. The molecule has 0 amide bonds. The fraction of sp³-hybridized carbons (Fsp3) is 0.400. The molecular formula is C15H17N7O. The lowest BCUT2D eigenvalue weighted by Crippen LogP contribution is -2.36.